The average molecular weight is 819 g/mol. The summed E-state index contributed by atoms with van der Waals surface area (Å²) in [4.78, 5) is 0. The van der Waals surface area contributed by atoms with Crippen LogP contribution in [0.3, 0.4) is 0 Å². The first kappa shape index (κ1) is 43.8. The molecule has 8 rings (SSSR count). The Bertz CT molecular complexity index is 1800. The van der Waals surface area contributed by atoms with Crippen molar-refractivity contribution in [3.05, 3.63) is 119 Å². The number of hydrogen-bond donors (Lipinski definition) is 1. The summed E-state index contributed by atoms with van der Waals surface area (Å²) < 4.78 is 33.3. The molecule has 6 heteroatoms. The summed E-state index contributed by atoms with van der Waals surface area (Å²) in [5.74, 6) is 4.88. The van der Waals surface area contributed by atoms with Gasteiger partial charge in [0.05, 0.1) is 32.5 Å². The zero-order valence-corrected chi connectivity index (χ0v) is 37.3. The zero-order chi connectivity index (χ0) is 41.7. The first-order valence-electron chi connectivity index (χ1n) is 23.7. The quantitative estimate of drug-likeness (QED) is 0.137. The van der Waals surface area contributed by atoms with E-state index < -0.39 is 30.7 Å². The number of hydrogen-bond acceptors (Lipinski definition) is 6. The van der Waals surface area contributed by atoms with Crippen LogP contribution in [-0.4, -0.2) is 48.5 Å². The highest BCUT2D eigenvalue weighted by Crippen LogP contribution is 2.67. The molecule has 5 aliphatic rings. The van der Waals surface area contributed by atoms with Crippen LogP contribution in [0.1, 0.15) is 122 Å². The molecule has 326 valence electrons. The Hall–Kier alpha value is -2.84. The Morgan fingerprint density at radius 2 is 1.35 bits per heavy atom. The molecule has 0 radical (unpaired) electrons. The van der Waals surface area contributed by atoms with Crippen molar-refractivity contribution < 1.29 is 28.8 Å². The van der Waals surface area contributed by atoms with Crippen molar-refractivity contribution in [3.63, 3.8) is 0 Å². The Kier molecular flexibility index (Phi) is 14.4. The van der Waals surface area contributed by atoms with Gasteiger partial charge in [0, 0.05) is 0 Å². The maximum absolute atomic E-state index is 12.2. The Morgan fingerprint density at radius 3 is 2.00 bits per heavy atom. The normalized spacial score (nSPS) is 35.6. The molecule has 1 saturated heterocycles. The zero-order valence-electron chi connectivity index (χ0n) is 37.3. The van der Waals surface area contributed by atoms with Crippen molar-refractivity contribution in [2.24, 2.45) is 46.3 Å². The van der Waals surface area contributed by atoms with Crippen LogP contribution in [0, 0.1) is 46.3 Å². The third kappa shape index (κ3) is 9.70. The minimum absolute atomic E-state index is 0.0422. The fourth-order valence-corrected chi connectivity index (χ4v) is 12.9. The van der Waals surface area contributed by atoms with Gasteiger partial charge < -0.3 is 28.8 Å². The lowest BCUT2D eigenvalue weighted by Gasteiger charge is -2.58. The van der Waals surface area contributed by atoms with Crippen LogP contribution in [0.2, 0.25) is 0 Å². The highest BCUT2D eigenvalue weighted by Gasteiger charge is 2.59. The summed E-state index contributed by atoms with van der Waals surface area (Å²) in [6.07, 6.45) is 12.8. The van der Waals surface area contributed by atoms with Gasteiger partial charge >= 0.3 is 0 Å². The smallest absolute Gasteiger partial charge is 0.186 e. The lowest BCUT2D eigenvalue weighted by Crippen LogP contribution is -2.61. The van der Waals surface area contributed by atoms with Gasteiger partial charge in [0.15, 0.2) is 6.29 Å². The van der Waals surface area contributed by atoms with Crippen LogP contribution in [0.4, 0.5) is 0 Å². The molecule has 1 heterocycles. The van der Waals surface area contributed by atoms with Crippen LogP contribution < -0.4 is 0 Å². The molecule has 0 bridgehead atoms. The minimum atomic E-state index is -1.04. The predicted molar refractivity (Wildman–Crippen MR) is 239 cm³/mol. The van der Waals surface area contributed by atoms with Gasteiger partial charge in [-0.15, -0.1) is 0 Å². The van der Waals surface area contributed by atoms with E-state index in [1.54, 1.807) is 5.57 Å². The van der Waals surface area contributed by atoms with E-state index in [1.807, 2.05) is 54.6 Å². The number of ether oxygens (including phenoxy) is 5. The Balaban J connectivity index is 0.968. The molecule has 3 aromatic rings. The fraction of sp³-hybridized carbons (Fsp3) is 0.630. The molecule has 3 saturated carbocycles. The number of allylic oxidation sites excluding steroid dienone is 1. The van der Waals surface area contributed by atoms with Crippen LogP contribution in [0.15, 0.2) is 103 Å². The molecular formula is C54H74O6. The van der Waals surface area contributed by atoms with E-state index in [0.717, 1.165) is 71.5 Å². The van der Waals surface area contributed by atoms with E-state index in [1.165, 1.54) is 51.4 Å². The fourth-order valence-electron chi connectivity index (χ4n) is 12.9. The van der Waals surface area contributed by atoms with Gasteiger partial charge in [0.2, 0.25) is 0 Å². The molecule has 6 nitrogen and oxygen atoms in total. The highest BCUT2D eigenvalue weighted by atomic mass is 16.7. The molecule has 0 aromatic heterocycles. The molecule has 0 spiro atoms. The van der Waals surface area contributed by atoms with Crippen LogP contribution in [-0.2, 0) is 43.5 Å². The lowest BCUT2D eigenvalue weighted by atomic mass is 9.47. The summed E-state index contributed by atoms with van der Waals surface area (Å²) in [6, 6.07) is 30.5. The monoisotopic (exact) mass is 819 g/mol. The third-order valence-electron chi connectivity index (χ3n) is 16.2. The summed E-state index contributed by atoms with van der Waals surface area (Å²) in [7, 11) is 0. The molecule has 4 fully saturated rings. The second-order valence-electron chi connectivity index (χ2n) is 20.3. The molecule has 0 amide bonds. The number of rotatable bonds is 17. The second kappa shape index (κ2) is 19.7. The van der Waals surface area contributed by atoms with Gasteiger partial charge in [0.25, 0.3) is 0 Å². The third-order valence-corrected chi connectivity index (χ3v) is 16.2. The largest absolute Gasteiger partial charge is 0.385 e. The van der Waals surface area contributed by atoms with Crippen molar-refractivity contribution in [2.75, 3.05) is 6.61 Å². The molecule has 13 atom stereocenters. The first-order valence-corrected chi connectivity index (χ1v) is 23.7. The van der Waals surface area contributed by atoms with Crippen molar-refractivity contribution in [3.8, 4) is 0 Å². The van der Waals surface area contributed by atoms with Crippen molar-refractivity contribution in [1.82, 2.24) is 0 Å². The molecule has 1 N–H and O–H groups in total. The first-order chi connectivity index (χ1) is 29.1. The Morgan fingerprint density at radius 1 is 0.717 bits per heavy atom. The van der Waals surface area contributed by atoms with Gasteiger partial charge in [0.1, 0.15) is 24.4 Å². The molecule has 4 unspecified atom stereocenters. The van der Waals surface area contributed by atoms with Gasteiger partial charge in [-0.1, -0.05) is 157 Å². The van der Waals surface area contributed by atoms with E-state index in [9.17, 15) is 5.11 Å². The van der Waals surface area contributed by atoms with E-state index in [0.29, 0.717) is 25.2 Å². The SMILES string of the molecule is CC(C)CCC[C@@H](C)[C@H]1CCC2C3CC=C4CC(O[C@@H]5O[C@H](COCc6ccccc6)[C@@H](OCc6ccccc6)[C@H](OCc6ccccc6)[C@H]5O)CC[C@]4(C)C3CC[C@@]21C. The van der Waals surface area contributed by atoms with Gasteiger partial charge in [-0.3, -0.25) is 0 Å². The number of aliphatic hydroxyl groups is 1. The maximum atomic E-state index is 12.2. The molecule has 1 aliphatic heterocycles. The summed E-state index contributed by atoms with van der Waals surface area (Å²) in [5, 5.41) is 12.2. The van der Waals surface area contributed by atoms with E-state index in [2.05, 4.69) is 77.1 Å². The molecular weight excluding hydrogens is 745 g/mol. The predicted octanol–water partition coefficient (Wildman–Crippen LogP) is 11.9. The summed E-state index contributed by atoms with van der Waals surface area (Å²) >= 11 is 0. The molecule has 3 aromatic carbocycles. The average Bonchev–Trinajstić information content (AvgIpc) is 3.62. The topological polar surface area (TPSA) is 66.4 Å². The highest BCUT2D eigenvalue weighted by molar-refractivity contribution is 5.26. The number of aliphatic hydroxyl groups excluding tert-OH is 1. The summed E-state index contributed by atoms with van der Waals surface area (Å²) in [5.41, 5.74) is 5.45. The molecule has 60 heavy (non-hydrogen) atoms. The van der Waals surface area contributed by atoms with Crippen molar-refractivity contribution >= 4 is 0 Å². The van der Waals surface area contributed by atoms with Crippen molar-refractivity contribution in [1.29, 1.82) is 0 Å². The van der Waals surface area contributed by atoms with E-state index in [4.69, 9.17) is 23.7 Å². The number of benzene rings is 3. The standard InChI is InChI=1S/C54H74O6/c1-37(2)16-15-17-38(3)45-26-27-46-44-25-24-42-32-43(28-30-53(42,4)47(44)29-31-54(45,46)5)59-52-49(55)51(58-35-41-22-13-8-14-23-41)50(57-34-40-20-11-7-12-21-40)48(60-52)36-56-33-39-18-9-6-10-19-39/h6-14,18-24,37-38,43-52,55H,15-17,25-36H2,1-5H3/t38-,43?,44?,45-,46?,47?,48-,49-,50-,51-,52-,53+,54-/m1/s1. The maximum Gasteiger partial charge on any atom is 0.186 e. The number of fused-ring (bicyclic) bond motifs is 5. The van der Waals surface area contributed by atoms with Crippen LogP contribution >= 0.6 is 0 Å². The van der Waals surface area contributed by atoms with Gasteiger partial charge in [-0.25, -0.2) is 0 Å². The van der Waals surface area contributed by atoms with Gasteiger partial charge in [-0.05, 0) is 114 Å². The lowest BCUT2D eigenvalue weighted by molar-refractivity contribution is -0.328. The van der Waals surface area contributed by atoms with Crippen LogP contribution in [0.5, 0.6) is 0 Å². The second-order valence-corrected chi connectivity index (χ2v) is 20.3. The van der Waals surface area contributed by atoms with Crippen LogP contribution in [0.25, 0.3) is 0 Å². The summed E-state index contributed by atoms with van der Waals surface area (Å²) in [6.45, 7) is 14.0. The van der Waals surface area contributed by atoms with Gasteiger partial charge in [-0.2, -0.15) is 0 Å². The molecule has 4 aliphatic carbocycles. The van der Waals surface area contributed by atoms with E-state index in [-0.39, 0.29) is 18.1 Å². The Labute approximate surface area is 361 Å². The van der Waals surface area contributed by atoms with Crippen molar-refractivity contribution in [2.45, 2.75) is 162 Å². The van der Waals surface area contributed by atoms with E-state index >= 15 is 0 Å². The minimum Gasteiger partial charge on any atom is -0.385 e.